The third-order valence-corrected chi connectivity index (χ3v) is 8.63. The number of thiazole rings is 1. The van der Waals surface area contributed by atoms with Gasteiger partial charge in [0.2, 0.25) is 0 Å². The summed E-state index contributed by atoms with van der Waals surface area (Å²) in [6, 6.07) is 40.6. The molecule has 6 aromatic rings. The van der Waals surface area contributed by atoms with Crippen LogP contribution in [-0.4, -0.2) is 19.2 Å². The largest absolute Gasteiger partial charge is 4.00 e. The number of para-hydroxylation sites is 1. The molecule has 0 saturated heterocycles. The van der Waals surface area contributed by atoms with Crippen LogP contribution in [0.1, 0.15) is 33.4 Å². The molecule has 0 N–H and O–H groups in total. The minimum atomic E-state index is -1.19. The fraction of sp³-hybridized carbons (Fsp3) is 0.171. The summed E-state index contributed by atoms with van der Waals surface area (Å²) in [5.74, 6) is 0. The van der Waals surface area contributed by atoms with Gasteiger partial charge in [0.1, 0.15) is 0 Å². The summed E-state index contributed by atoms with van der Waals surface area (Å²) >= 11 is 1.71. The van der Waals surface area contributed by atoms with Crippen LogP contribution in [0.5, 0.6) is 0 Å². The topological polar surface area (TPSA) is 27.0 Å². The molecule has 2 nitrogen and oxygen atoms in total. The Bertz CT molecular complexity index is 1620. The van der Waals surface area contributed by atoms with Crippen LogP contribution in [-0.2, 0) is 25.8 Å². The van der Waals surface area contributed by atoms with Gasteiger partial charge >= 0.3 is 25.8 Å². The van der Waals surface area contributed by atoms with Crippen molar-refractivity contribution in [3.63, 3.8) is 0 Å². The van der Waals surface area contributed by atoms with Crippen LogP contribution in [0, 0.1) is 41.5 Å². The molecule has 234 valence electrons. The Labute approximate surface area is 302 Å². The Kier molecular flexibility index (Phi) is 16.2. The zero-order valence-corrected chi connectivity index (χ0v) is 33.6. The van der Waals surface area contributed by atoms with E-state index >= 15 is 0 Å². The molecule has 0 unspecified atom stereocenters. The molecule has 6 rings (SSSR count). The summed E-state index contributed by atoms with van der Waals surface area (Å²) < 4.78 is 1.22. The van der Waals surface area contributed by atoms with Gasteiger partial charge in [-0.3, -0.25) is 0 Å². The maximum absolute atomic E-state index is 4.87. The van der Waals surface area contributed by atoms with E-state index in [0.29, 0.717) is 0 Å². The van der Waals surface area contributed by atoms with Crippen molar-refractivity contribution in [3.05, 3.63) is 181 Å². The molecule has 0 atom stereocenters. The monoisotopic (exact) mass is 806 g/mol. The minimum Gasteiger partial charge on any atom is -0.460 e. The second-order valence-corrected chi connectivity index (χ2v) is 18.7. The van der Waals surface area contributed by atoms with Crippen molar-refractivity contribution >= 4 is 34.8 Å². The Morgan fingerprint density at radius 1 is 0.630 bits per heavy atom. The number of nitrogens with zero attached hydrogens (tertiary/aromatic N) is 2. The van der Waals surface area contributed by atoms with E-state index in [4.69, 9.17) is 10.3 Å². The van der Waals surface area contributed by atoms with Gasteiger partial charge in [0, 0.05) is 12.8 Å². The number of hydrogen-bond acceptors (Lipinski definition) is 2. The third-order valence-electron chi connectivity index (χ3n) is 6.57. The number of hydrogen-bond donors (Lipinski definition) is 0. The molecular weight excluding hydrogens is 759 g/mol. The van der Waals surface area contributed by atoms with E-state index in [1.807, 2.05) is 91.0 Å². The first-order chi connectivity index (χ1) is 21.4. The molecule has 0 bridgehead atoms. The molecule has 0 aliphatic heterocycles. The number of benzene rings is 5. The molecule has 5 aromatic carbocycles. The number of aryl methyl sites for hydroxylation is 3. The van der Waals surface area contributed by atoms with Gasteiger partial charge in [-0.15, -0.1) is 47.7 Å². The average Bonchev–Trinajstić information content (AvgIpc) is 3.42. The average molecular weight is 805 g/mol. The molecule has 0 amide bonds. The van der Waals surface area contributed by atoms with E-state index in [-0.39, 0.29) is 25.8 Å². The van der Waals surface area contributed by atoms with E-state index < -0.39 is 8.07 Å². The summed E-state index contributed by atoms with van der Waals surface area (Å²) in [5.41, 5.74) is 10.8. The molecule has 0 aliphatic rings. The van der Waals surface area contributed by atoms with E-state index in [1.54, 1.807) is 11.3 Å². The molecular formula is C41H46HfN2SSi. The molecule has 1 heterocycles. The maximum atomic E-state index is 4.87. The zero-order valence-electron chi connectivity index (χ0n) is 28.2. The molecule has 0 fully saturated rings. The standard InChI is InChI=1S/C20H25N2SSi.3C7H7.Hf/c1-13-10-14(2)18(15(3)11-13)16-8-7-9-17-19(16)22-20(23-17)21-12-24(4,5)6;3*1-7-5-3-2-4-6-7;/h7-11H,12H2,1-6H3;3*2-6H,1H2;/q4*-1;+4. The molecule has 1 aromatic heterocycles. The molecule has 5 heteroatoms. The van der Waals surface area contributed by atoms with Crippen molar-refractivity contribution in [2.75, 3.05) is 6.17 Å². The predicted molar refractivity (Wildman–Crippen MR) is 203 cm³/mol. The van der Waals surface area contributed by atoms with Crippen LogP contribution in [0.4, 0.5) is 5.13 Å². The summed E-state index contributed by atoms with van der Waals surface area (Å²) in [4.78, 5) is 4.87. The summed E-state index contributed by atoms with van der Waals surface area (Å²) in [6.45, 7) is 24.7. The first-order valence-electron chi connectivity index (χ1n) is 15.2. The SMILES string of the molecule is Cc1cc(C)c(-c2cccc3sc([N-]C[Si](C)(C)C)nc23)c(C)c1.[CH2-]c1ccccc1.[CH2-]c1ccccc1.[CH2-]c1ccccc1.[Hf+4]. The van der Waals surface area contributed by atoms with Gasteiger partial charge in [-0.25, -0.2) is 0 Å². The van der Waals surface area contributed by atoms with Crippen LogP contribution in [0.15, 0.2) is 121 Å². The quantitative estimate of drug-likeness (QED) is 0.129. The van der Waals surface area contributed by atoms with Crippen LogP contribution in [0.2, 0.25) is 19.6 Å². The van der Waals surface area contributed by atoms with E-state index in [2.05, 4.69) is 91.5 Å². The van der Waals surface area contributed by atoms with Crippen molar-refractivity contribution in [2.24, 2.45) is 0 Å². The number of fused-ring (bicyclic) bond motifs is 1. The molecule has 0 spiro atoms. The fourth-order valence-corrected chi connectivity index (χ4v) is 6.15. The normalized spacial score (nSPS) is 10.1. The van der Waals surface area contributed by atoms with E-state index in [9.17, 15) is 0 Å². The zero-order chi connectivity index (χ0) is 32.8. The molecule has 0 radical (unpaired) electrons. The first kappa shape index (κ1) is 38.7. The van der Waals surface area contributed by atoms with Crippen LogP contribution < -0.4 is 0 Å². The Hall–Kier alpha value is -3.51. The van der Waals surface area contributed by atoms with Crippen molar-refractivity contribution in [1.29, 1.82) is 0 Å². The Morgan fingerprint density at radius 3 is 1.43 bits per heavy atom. The van der Waals surface area contributed by atoms with Crippen molar-refractivity contribution in [3.8, 4) is 11.1 Å². The van der Waals surface area contributed by atoms with Gasteiger partial charge in [-0.1, -0.05) is 73.8 Å². The molecule has 0 aliphatic carbocycles. The third kappa shape index (κ3) is 13.5. The summed E-state index contributed by atoms with van der Waals surface area (Å²) in [6.07, 6.45) is 0.935. The van der Waals surface area contributed by atoms with Gasteiger partial charge in [0.15, 0.2) is 0 Å². The van der Waals surface area contributed by atoms with Crippen LogP contribution in [0.3, 0.4) is 0 Å². The van der Waals surface area contributed by atoms with Gasteiger partial charge in [-0.2, -0.15) is 73.9 Å². The van der Waals surface area contributed by atoms with Gasteiger partial charge < -0.3 is 10.3 Å². The summed E-state index contributed by atoms with van der Waals surface area (Å²) in [7, 11) is -1.19. The molecule has 0 saturated carbocycles. The number of rotatable bonds is 4. The first-order valence-corrected chi connectivity index (χ1v) is 19.7. The smallest absolute Gasteiger partial charge is 0.460 e. The van der Waals surface area contributed by atoms with Gasteiger partial charge in [-0.05, 0) is 59.7 Å². The van der Waals surface area contributed by atoms with E-state index in [1.165, 1.54) is 32.5 Å². The van der Waals surface area contributed by atoms with Crippen molar-refractivity contribution in [2.45, 2.75) is 40.4 Å². The second-order valence-electron chi connectivity index (χ2n) is 12.3. The Morgan fingerprint density at radius 2 is 1.07 bits per heavy atom. The maximum Gasteiger partial charge on any atom is 4.00 e. The molecule has 46 heavy (non-hydrogen) atoms. The number of aromatic nitrogens is 1. The summed E-state index contributed by atoms with van der Waals surface area (Å²) in [5, 5.41) is 5.70. The van der Waals surface area contributed by atoms with Crippen molar-refractivity contribution in [1.82, 2.24) is 4.98 Å². The van der Waals surface area contributed by atoms with Crippen molar-refractivity contribution < 1.29 is 25.8 Å². The van der Waals surface area contributed by atoms with E-state index in [0.717, 1.165) is 33.5 Å². The Balaban J connectivity index is 0.000000270. The van der Waals surface area contributed by atoms with Gasteiger partial charge in [0.25, 0.3) is 0 Å². The van der Waals surface area contributed by atoms with Crippen LogP contribution in [0.25, 0.3) is 26.7 Å². The second kappa shape index (κ2) is 19.2. The fourth-order valence-electron chi connectivity index (χ4n) is 4.55. The van der Waals surface area contributed by atoms with Gasteiger partial charge in [0.05, 0.1) is 0 Å². The van der Waals surface area contributed by atoms with Crippen LogP contribution >= 0.6 is 11.3 Å². The predicted octanol–water partition coefficient (Wildman–Crippen LogP) is 12.4. The minimum absolute atomic E-state index is 0.